The molecule has 0 bridgehead atoms. The van der Waals surface area contributed by atoms with Gasteiger partial charge in [-0.1, -0.05) is 6.92 Å². The third-order valence-corrected chi connectivity index (χ3v) is 8.43. The topological polar surface area (TPSA) is 136 Å². The summed E-state index contributed by atoms with van der Waals surface area (Å²) in [4.78, 5) is 4.21. The number of halogens is 1. The normalized spacial score (nSPS) is 13.6. The molecule has 2 aromatic heterocycles. The molecule has 198 valence electrons. The van der Waals surface area contributed by atoms with E-state index >= 15 is 0 Å². The average Bonchev–Trinajstić information content (AvgIpc) is 3.17. The maximum atomic E-state index is 14.9. The quantitative estimate of drug-likeness (QED) is 0.420. The van der Waals surface area contributed by atoms with Crippen LogP contribution in [0.3, 0.4) is 0 Å². The van der Waals surface area contributed by atoms with Crippen LogP contribution in [-0.2, 0) is 19.9 Å². The lowest BCUT2D eigenvalue weighted by Gasteiger charge is -2.22. The molecular formula is C23H30FN3O7S2. The minimum Gasteiger partial charge on any atom is -0.492 e. The number of fused-ring (bicyclic) bond motifs is 1. The first kappa shape index (κ1) is 27.7. The molecule has 0 saturated carbocycles. The van der Waals surface area contributed by atoms with Crippen molar-refractivity contribution in [2.45, 2.75) is 37.3 Å². The second-order valence-corrected chi connectivity index (χ2v) is 13.9. The van der Waals surface area contributed by atoms with E-state index in [0.717, 1.165) is 12.3 Å². The van der Waals surface area contributed by atoms with E-state index < -0.39 is 30.4 Å². The second kappa shape index (κ2) is 9.87. The minimum atomic E-state index is -3.90. The Labute approximate surface area is 210 Å². The Kier molecular flexibility index (Phi) is 7.59. The van der Waals surface area contributed by atoms with Crippen LogP contribution in [0.5, 0.6) is 11.5 Å². The minimum absolute atomic E-state index is 0.0789. The van der Waals surface area contributed by atoms with Crippen LogP contribution in [0.1, 0.15) is 27.7 Å². The zero-order chi connectivity index (χ0) is 27.1. The summed E-state index contributed by atoms with van der Waals surface area (Å²) in [7, 11) is -6.44. The fourth-order valence-corrected chi connectivity index (χ4v) is 5.19. The number of hydrogen-bond acceptors (Lipinski definition) is 8. The molecule has 2 N–H and O–H groups in total. The Morgan fingerprint density at radius 3 is 2.42 bits per heavy atom. The first-order valence-corrected chi connectivity index (χ1v) is 14.3. The SMILES string of the molecule is COc1c(F)cc(-c2cnc3cc(OC[C@H](C)CO)c(S(=O)(=O)C(C)(C)C)cn23)cc1NS(C)(=O)=O. The van der Waals surface area contributed by atoms with Crippen LogP contribution in [0.25, 0.3) is 16.9 Å². The maximum Gasteiger partial charge on any atom is 0.229 e. The summed E-state index contributed by atoms with van der Waals surface area (Å²) in [5.74, 6) is -1.26. The fraction of sp³-hybridized carbons (Fsp3) is 0.435. The smallest absolute Gasteiger partial charge is 0.229 e. The van der Waals surface area contributed by atoms with E-state index in [1.165, 1.54) is 36.0 Å². The standard InChI is InChI=1S/C23H30FN3O7S2/c1-14(12-28)13-34-19-9-21-25-10-18(27(21)11-20(19)36(31,32)23(2,3)4)15-7-16(24)22(33-5)17(8-15)26-35(6,29)30/h7-11,14,26,28H,12-13H2,1-6H3/t14-/m1/s1. The lowest BCUT2D eigenvalue weighted by Crippen LogP contribution is -2.29. The van der Waals surface area contributed by atoms with Gasteiger partial charge in [0.1, 0.15) is 16.3 Å². The molecule has 0 radical (unpaired) electrons. The second-order valence-electron chi connectivity index (χ2n) is 9.50. The predicted octanol–water partition coefficient (Wildman–Crippen LogP) is 3.10. The summed E-state index contributed by atoms with van der Waals surface area (Å²) >= 11 is 0. The molecular weight excluding hydrogens is 513 g/mol. The number of aliphatic hydroxyl groups excluding tert-OH is 1. The van der Waals surface area contributed by atoms with E-state index in [9.17, 15) is 26.3 Å². The molecule has 0 aliphatic heterocycles. The highest BCUT2D eigenvalue weighted by Crippen LogP contribution is 2.37. The maximum absolute atomic E-state index is 14.9. The van der Waals surface area contributed by atoms with Crippen molar-refractivity contribution in [3.8, 4) is 22.8 Å². The van der Waals surface area contributed by atoms with Crippen molar-refractivity contribution in [3.63, 3.8) is 0 Å². The van der Waals surface area contributed by atoms with Gasteiger partial charge in [0, 0.05) is 30.4 Å². The number of nitrogens with one attached hydrogen (secondary N) is 1. The highest BCUT2D eigenvalue weighted by Gasteiger charge is 2.34. The number of ether oxygens (including phenoxy) is 2. The number of imidazole rings is 1. The number of sulfonamides is 1. The summed E-state index contributed by atoms with van der Waals surface area (Å²) in [6, 6.07) is 3.97. The molecule has 2 heterocycles. The van der Waals surface area contributed by atoms with Crippen LogP contribution in [0.2, 0.25) is 0 Å². The first-order valence-electron chi connectivity index (χ1n) is 10.9. The van der Waals surface area contributed by atoms with Crippen molar-refractivity contribution >= 4 is 31.2 Å². The third-order valence-electron chi connectivity index (χ3n) is 5.34. The van der Waals surface area contributed by atoms with Gasteiger partial charge in [-0.3, -0.25) is 9.12 Å². The van der Waals surface area contributed by atoms with Crippen LogP contribution in [0.15, 0.2) is 35.5 Å². The van der Waals surface area contributed by atoms with Gasteiger partial charge in [0.25, 0.3) is 0 Å². The zero-order valence-corrected chi connectivity index (χ0v) is 22.5. The molecule has 0 amide bonds. The molecule has 1 atom stereocenters. The van der Waals surface area contributed by atoms with Crippen LogP contribution in [0, 0.1) is 11.7 Å². The van der Waals surface area contributed by atoms with E-state index in [1.807, 2.05) is 0 Å². The molecule has 0 fully saturated rings. The number of hydrogen-bond donors (Lipinski definition) is 2. The molecule has 1 aromatic carbocycles. The van der Waals surface area contributed by atoms with Gasteiger partial charge in [0.05, 0.1) is 42.3 Å². The highest BCUT2D eigenvalue weighted by atomic mass is 32.2. The van der Waals surface area contributed by atoms with Gasteiger partial charge in [-0.05, 0) is 32.9 Å². The Hall–Kier alpha value is -2.90. The van der Waals surface area contributed by atoms with Crippen LogP contribution >= 0.6 is 0 Å². The number of benzene rings is 1. The molecule has 10 nitrogen and oxygen atoms in total. The number of nitrogens with zero attached hydrogens (tertiary/aromatic N) is 2. The summed E-state index contributed by atoms with van der Waals surface area (Å²) in [5, 5.41) is 9.33. The van der Waals surface area contributed by atoms with Crippen molar-refractivity contribution in [1.82, 2.24) is 9.38 Å². The predicted molar refractivity (Wildman–Crippen MR) is 134 cm³/mol. The van der Waals surface area contributed by atoms with Gasteiger partial charge in [-0.15, -0.1) is 0 Å². The summed E-state index contributed by atoms with van der Waals surface area (Å²) < 4.78 is 78.6. The number of aliphatic hydroxyl groups is 1. The molecule has 0 saturated heterocycles. The van der Waals surface area contributed by atoms with Crippen molar-refractivity contribution in [2.24, 2.45) is 5.92 Å². The Morgan fingerprint density at radius 2 is 1.86 bits per heavy atom. The summed E-state index contributed by atoms with van der Waals surface area (Å²) in [5.41, 5.74) is 0.737. The number of pyridine rings is 1. The van der Waals surface area contributed by atoms with Gasteiger partial charge in [0.15, 0.2) is 21.4 Å². The Balaban J connectivity index is 2.27. The monoisotopic (exact) mass is 543 g/mol. The van der Waals surface area contributed by atoms with Crippen molar-refractivity contribution in [1.29, 1.82) is 0 Å². The largest absolute Gasteiger partial charge is 0.492 e. The molecule has 3 aromatic rings. The van der Waals surface area contributed by atoms with Crippen LogP contribution in [0.4, 0.5) is 10.1 Å². The number of rotatable bonds is 9. The van der Waals surface area contributed by atoms with Crippen molar-refractivity contribution in [3.05, 3.63) is 36.4 Å². The van der Waals surface area contributed by atoms with E-state index in [-0.39, 0.29) is 46.8 Å². The Bertz CT molecular complexity index is 1490. The van der Waals surface area contributed by atoms with Gasteiger partial charge >= 0.3 is 0 Å². The molecule has 13 heteroatoms. The van der Waals surface area contributed by atoms with Gasteiger partial charge in [-0.25, -0.2) is 26.2 Å². The fourth-order valence-electron chi connectivity index (χ4n) is 3.35. The molecule has 0 unspecified atom stereocenters. The zero-order valence-electron chi connectivity index (χ0n) is 20.9. The average molecular weight is 544 g/mol. The number of methoxy groups -OCH3 is 1. The van der Waals surface area contributed by atoms with Crippen molar-refractivity contribution < 1.29 is 35.8 Å². The summed E-state index contributed by atoms with van der Waals surface area (Å²) in [6.45, 7) is 6.38. The van der Waals surface area contributed by atoms with Crippen molar-refractivity contribution in [2.75, 3.05) is 31.3 Å². The number of anilines is 1. The molecule has 3 rings (SSSR count). The van der Waals surface area contributed by atoms with E-state index in [1.54, 1.807) is 27.7 Å². The van der Waals surface area contributed by atoms with Crippen LogP contribution < -0.4 is 14.2 Å². The number of aromatic nitrogens is 2. The Morgan fingerprint density at radius 1 is 1.19 bits per heavy atom. The van der Waals surface area contributed by atoms with Gasteiger partial charge in [-0.2, -0.15) is 0 Å². The lowest BCUT2D eigenvalue weighted by molar-refractivity contribution is 0.172. The van der Waals surface area contributed by atoms with Crippen LogP contribution in [-0.4, -0.2) is 62.7 Å². The van der Waals surface area contributed by atoms with Gasteiger partial charge < -0.3 is 14.6 Å². The van der Waals surface area contributed by atoms with Gasteiger partial charge in [0.2, 0.25) is 10.0 Å². The highest BCUT2D eigenvalue weighted by molar-refractivity contribution is 7.93. The van der Waals surface area contributed by atoms with E-state index in [4.69, 9.17) is 9.47 Å². The molecule has 0 spiro atoms. The van der Waals surface area contributed by atoms with E-state index in [0.29, 0.717) is 11.3 Å². The molecule has 36 heavy (non-hydrogen) atoms. The van der Waals surface area contributed by atoms with E-state index in [2.05, 4.69) is 9.71 Å². The summed E-state index contributed by atoms with van der Waals surface area (Å²) in [6.07, 6.45) is 3.69. The third kappa shape index (κ3) is 5.57. The molecule has 0 aliphatic carbocycles. The number of sulfone groups is 1. The first-order chi connectivity index (χ1) is 16.6. The lowest BCUT2D eigenvalue weighted by atomic mass is 10.1. The molecule has 0 aliphatic rings.